The number of ether oxygens (including phenoxy) is 3. The predicted octanol–water partition coefficient (Wildman–Crippen LogP) is 3.76. The number of rotatable bonds is 7. The van der Waals surface area contributed by atoms with Gasteiger partial charge < -0.3 is 14.2 Å². The van der Waals surface area contributed by atoms with E-state index in [0.29, 0.717) is 24.0 Å². The third-order valence-corrected chi connectivity index (χ3v) is 4.49. The minimum Gasteiger partial charge on any atom is -0.487 e. The van der Waals surface area contributed by atoms with E-state index in [9.17, 15) is 0 Å². The molecule has 0 saturated heterocycles. The van der Waals surface area contributed by atoms with Gasteiger partial charge in [0, 0.05) is 18.4 Å². The molecule has 1 aliphatic carbocycles. The highest BCUT2D eigenvalue weighted by Gasteiger charge is 2.42. The van der Waals surface area contributed by atoms with Gasteiger partial charge in [-0.3, -0.25) is 0 Å². The van der Waals surface area contributed by atoms with Gasteiger partial charge in [0.05, 0.1) is 13.2 Å². The molecule has 20 heavy (non-hydrogen) atoms. The summed E-state index contributed by atoms with van der Waals surface area (Å²) in [6.45, 7) is 5.59. The average Bonchev–Trinajstić information content (AvgIpc) is 2.43. The van der Waals surface area contributed by atoms with Crippen molar-refractivity contribution >= 4 is 15.9 Å². The molecule has 2 rings (SSSR count). The Bertz CT molecular complexity index is 422. The van der Waals surface area contributed by atoms with E-state index in [-0.39, 0.29) is 12.2 Å². The number of halogens is 1. The maximum Gasteiger partial charge on any atom is 0.127 e. The summed E-state index contributed by atoms with van der Waals surface area (Å²) in [7, 11) is 1.68. The molecular formula is C16H23BrO3. The summed E-state index contributed by atoms with van der Waals surface area (Å²) >= 11 is 3.63. The molecule has 0 N–H and O–H groups in total. The topological polar surface area (TPSA) is 27.7 Å². The average molecular weight is 343 g/mol. The Morgan fingerprint density at radius 1 is 1.25 bits per heavy atom. The van der Waals surface area contributed by atoms with Gasteiger partial charge in [-0.25, -0.2) is 0 Å². The Labute approximate surface area is 129 Å². The molecule has 1 fully saturated rings. The fourth-order valence-corrected chi connectivity index (χ4v) is 3.21. The Morgan fingerprint density at radius 2 is 2.00 bits per heavy atom. The van der Waals surface area contributed by atoms with Crippen molar-refractivity contribution in [2.24, 2.45) is 0 Å². The van der Waals surface area contributed by atoms with Crippen LogP contribution in [0.25, 0.3) is 0 Å². The lowest BCUT2D eigenvalue weighted by Crippen LogP contribution is -2.52. The first kappa shape index (κ1) is 15.8. The maximum absolute atomic E-state index is 6.16. The van der Waals surface area contributed by atoms with Crippen molar-refractivity contribution in [1.29, 1.82) is 0 Å². The first-order chi connectivity index (χ1) is 9.63. The molecule has 1 saturated carbocycles. The molecule has 0 radical (unpaired) electrons. The van der Waals surface area contributed by atoms with Crippen LogP contribution in [-0.4, -0.2) is 37.4 Å². The first-order valence-electron chi connectivity index (χ1n) is 7.13. The summed E-state index contributed by atoms with van der Waals surface area (Å²) in [4.78, 5) is 0.371. The van der Waals surface area contributed by atoms with Crippen LogP contribution in [0.5, 0.6) is 5.75 Å². The van der Waals surface area contributed by atoms with E-state index in [2.05, 4.69) is 41.9 Å². The number of hydrogen-bond acceptors (Lipinski definition) is 3. The van der Waals surface area contributed by atoms with Gasteiger partial charge in [0.2, 0.25) is 0 Å². The summed E-state index contributed by atoms with van der Waals surface area (Å²) in [6, 6.07) is 8.25. The lowest BCUT2D eigenvalue weighted by Gasteiger charge is -2.41. The van der Waals surface area contributed by atoms with Crippen LogP contribution in [0.3, 0.4) is 0 Å². The second kappa shape index (κ2) is 7.43. The maximum atomic E-state index is 6.16. The van der Waals surface area contributed by atoms with E-state index in [0.717, 1.165) is 12.2 Å². The Morgan fingerprint density at radius 3 is 2.65 bits per heavy atom. The molecule has 0 bridgehead atoms. The van der Waals surface area contributed by atoms with Gasteiger partial charge >= 0.3 is 0 Å². The molecular weight excluding hydrogens is 320 g/mol. The second-order valence-corrected chi connectivity index (χ2v) is 6.60. The van der Waals surface area contributed by atoms with E-state index in [1.807, 2.05) is 12.1 Å². The zero-order valence-corrected chi connectivity index (χ0v) is 13.9. The van der Waals surface area contributed by atoms with Gasteiger partial charge in [0.25, 0.3) is 0 Å². The first-order valence-corrected chi connectivity index (χ1v) is 8.05. The Balaban J connectivity index is 1.96. The van der Waals surface area contributed by atoms with Gasteiger partial charge in [0.15, 0.2) is 0 Å². The van der Waals surface area contributed by atoms with E-state index in [4.69, 9.17) is 14.2 Å². The van der Waals surface area contributed by atoms with Crippen molar-refractivity contribution < 1.29 is 14.2 Å². The highest BCUT2D eigenvalue weighted by Crippen LogP contribution is 2.36. The summed E-state index contributed by atoms with van der Waals surface area (Å²) in [5.41, 5.74) is 1.25. The van der Waals surface area contributed by atoms with Crippen molar-refractivity contribution in [3.63, 3.8) is 0 Å². The Kier molecular flexibility index (Phi) is 5.87. The SMILES string of the molecule is COCCOC1C(Br)CC1Oc1ccccc1C(C)C. The van der Waals surface area contributed by atoms with Gasteiger partial charge in [0.1, 0.15) is 18.0 Å². The predicted molar refractivity (Wildman–Crippen MR) is 83.9 cm³/mol. The lowest BCUT2D eigenvalue weighted by molar-refractivity contribution is -0.0868. The summed E-state index contributed by atoms with van der Waals surface area (Å²) < 4.78 is 17.0. The van der Waals surface area contributed by atoms with E-state index >= 15 is 0 Å². The quantitative estimate of drug-likeness (QED) is 0.557. The van der Waals surface area contributed by atoms with E-state index < -0.39 is 0 Å². The van der Waals surface area contributed by atoms with Crippen LogP contribution in [0.1, 0.15) is 31.7 Å². The van der Waals surface area contributed by atoms with Crippen LogP contribution in [0.2, 0.25) is 0 Å². The van der Waals surface area contributed by atoms with Crippen LogP contribution >= 0.6 is 15.9 Å². The van der Waals surface area contributed by atoms with Crippen LogP contribution in [0.15, 0.2) is 24.3 Å². The summed E-state index contributed by atoms with van der Waals surface area (Å²) in [6.07, 6.45) is 1.20. The molecule has 0 spiro atoms. The van der Waals surface area contributed by atoms with E-state index in [1.54, 1.807) is 7.11 Å². The third kappa shape index (κ3) is 3.74. The van der Waals surface area contributed by atoms with Crippen molar-refractivity contribution in [3.05, 3.63) is 29.8 Å². The summed E-state index contributed by atoms with van der Waals surface area (Å²) in [5.74, 6) is 1.44. The molecule has 3 nitrogen and oxygen atoms in total. The number of methoxy groups -OCH3 is 1. The normalized spacial score (nSPS) is 25.6. The van der Waals surface area contributed by atoms with Gasteiger partial charge in [-0.15, -0.1) is 0 Å². The van der Waals surface area contributed by atoms with Crippen molar-refractivity contribution in [2.75, 3.05) is 20.3 Å². The molecule has 3 unspecified atom stereocenters. The molecule has 1 aromatic carbocycles. The van der Waals surface area contributed by atoms with E-state index in [1.165, 1.54) is 5.56 Å². The molecule has 0 aromatic heterocycles. The molecule has 3 atom stereocenters. The van der Waals surface area contributed by atoms with Crippen molar-refractivity contribution in [2.45, 2.75) is 43.2 Å². The fourth-order valence-electron chi connectivity index (χ4n) is 2.35. The van der Waals surface area contributed by atoms with Crippen LogP contribution in [-0.2, 0) is 9.47 Å². The molecule has 1 aromatic rings. The standard InChI is InChI=1S/C16H23BrO3/c1-11(2)12-6-4-5-7-14(12)20-15-10-13(17)16(15)19-9-8-18-3/h4-7,11,13,15-16H,8-10H2,1-3H3. The largest absolute Gasteiger partial charge is 0.487 e. The Hall–Kier alpha value is -0.580. The van der Waals surface area contributed by atoms with Gasteiger partial charge in [-0.2, -0.15) is 0 Å². The zero-order chi connectivity index (χ0) is 14.5. The molecule has 4 heteroatoms. The van der Waals surface area contributed by atoms with Crippen molar-refractivity contribution in [1.82, 2.24) is 0 Å². The van der Waals surface area contributed by atoms with Gasteiger partial charge in [-0.05, 0) is 17.5 Å². The number of hydrogen-bond donors (Lipinski definition) is 0. The number of para-hydroxylation sites is 1. The minimum absolute atomic E-state index is 0.102. The molecule has 0 aliphatic heterocycles. The third-order valence-electron chi connectivity index (χ3n) is 3.60. The molecule has 1 aliphatic rings. The molecule has 0 heterocycles. The highest BCUT2D eigenvalue weighted by molar-refractivity contribution is 9.09. The van der Waals surface area contributed by atoms with Crippen LogP contribution < -0.4 is 4.74 Å². The van der Waals surface area contributed by atoms with Gasteiger partial charge in [-0.1, -0.05) is 48.0 Å². The number of benzene rings is 1. The van der Waals surface area contributed by atoms with Crippen molar-refractivity contribution in [3.8, 4) is 5.75 Å². The monoisotopic (exact) mass is 342 g/mol. The smallest absolute Gasteiger partial charge is 0.127 e. The molecule has 112 valence electrons. The van der Waals surface area contributed by atoms with Crippen LogP contribution in [0.4, 0.5) is 0 Å². The second-order valence-electron chi connectivity index (χ2n) is 5.43. The van der Waals surface area contributed by atoms with Crippen LogP contribution in [0, 0.1) is 0 Å². The molecule has 0 amide bonds. The fraction of sp³-hybridized carbons (Fsp3) is 0.625. The lowest BCUT2D eigenvalue weighted by atomic mass is 9.91. The zero-order valence-electron chi connectivity index (χ0n) is 12.3. The number of alkyl halides is 1. The highest BCUT2D eigenvalue weighted by atomic mass is 79.9. The summed E-state index contributed by atoms with van der Waals surface area (Å²) in [5, 5.41) is 0. The minimum atomic E-state index is 0.102.